The predicted molar refractivity (Wildman–Crippen MR) is 64.5 cm³/mol. The lowest BCUT2D eigenvalue weighted by atomic mass is 9.96. The SMILES string of the molecule is CCC(O)(CC)CN1CCN(CC(F)(F)F)CC1. The van der Waals surface area contributed by atoms with Crippen LogP contribution in [0.3, 0.4) is 0 Å². The van der Waals surface area contributed by atoms with Gasteiger partial charge < -0.3 is 5.11 Å². The maximum Gasteiger partial charge on any atom is 0.401 e. The third-order valence-electron chi connectivity index (χ3n) is 3.70. The molecule has 3 nitrogen and oxygen atoms in total. The number of hydrogen-bond acceptors (Lipinski definition) is 3. The van der Waals surface area contributed by atoms with E-state index in [1.54, 1.807) is 0 Å². The van der Waals surface area contributed by atoms with Crippen LogP contribution >= 0.6 is 0 Å². The summed E-state index contributed by atoms with van der Waals surface area (Å²) in [7, 11) is 0. The second-order valence-corrected chi connectivity index (χ2v) is 5.10. The molecule has 0 unspecified atom stereocenters. The van der Waals surface area contributed by atoms with Crippen molar-refractivity contribution in [3.63, 3.8) is 0 Å². The molecule has 0 aromatic rings. The number of piperazine rings is 1. The third-order valence-corrected chi connectivity index (χ3v) is 3.70. The summed E-state index contributed by atoms with van der Waals surface area (Å²) in [5.74, 6) is 0. The minimum atomic E-state index is -4.12. The normalized spacial score (nSPS) is 20.3. The van der Waals surface area contributed by atoms with Crippen LogP contribution in [0.15, 0.2) is 0 Å². The van der Waals surface area contributed by atoms with Gasteiger partial charge in [0.1, 0.15) is 0 Å². The Kier molecular flexibility index (Phi) is 5.43. The maximum absolute atomic E-state index is 12.2. The molecule has 1 heterocycles. The number of hydrogen-bond donors (Lipinski definition) is 1. The minimum absolute atomic E-state index is 0.420. The van der Waals surface area contributed by atoms with Crippen molar-refractivity contribution in [3.8, 4) is 0 Å². The standard InChI is InChI=1S/C12H23F3N2O/c1-3-11(18,4-2)9-16-5-7-17(8-6-16)10-12(13,14)15/h18H,3-10H2,1-2H3. The number of nitrogens with zero attached hydrogens (tertiary/aromatic N) is 2. The summed E-state index contributed by atoms with van der Waals surface area (Å²) in [6.07, 6.45) is -2.77. The summed E-state index contributed by atoms with van der Waals surface area (Å²) in [6, 6.07) is 0. The van der Waals surface area contributed by atoms with E-state index in [2.05, 4.69) is 4.90 Å². The first-order valence-electron chi connectivity index (χ1n) is 6.52. The van der Waals surface area contributed by atoms with Crippen LogP contribution < -0.4 is 0 Å². The van der Waals surface area contributed by atoms with E-state index in [1.807, 2.05) is 13.8 Å². The summed E-state index contributed by atoms with van der Waals surface area (Å²) in [5.41, 5.74) is -0.702. The topological polar surface area (TPSA) is 26.7 Å². The molecule has 1 rings (SSSR count). The van der Waals surface area contributed by atoms with E-state index >= 15 is 0 Å². The van der Waals surface area contributed by atoms with Crippen LogP contribution in [0.2, 0.25) is 0 Å². The fourth-order valence-electron chi connectivity index (χ4n) is 2.25. The Balaban J connectivity index is 2.35. The Morgan fingerprint density at radius 2 is 1.28 bits per heavy atom. The van der Waals surface area contributed by atoms with E-state index in [1.165, 1.54) is 4.90 Å². The molecule has 18 heavy (non-hydrogen) atoms. The number of halogens is 3. The van der Waals surface area contributed by atoms with E-state index in [0.717, 1.165) is 0 Å². The van der Waals surface area contributed by atoms with E-state index in [4.69, 9.17) is 0 Å². The molecule has 0 amide bonds. The van der Waals surface area contributed by atoms with Crippen LogP contribution in [-0.2, 0) is 0 Å². The van der Waals surface area contributed by atoms with Gasteiger partial charge in [0, 0.05) is 32.7 Å². The average Bonchev–Trinajstić information content (AvgIpc) is 2.30. The second kappa shape index (κ2) is 6.21. The van der Waals surface area contributed by atoms with Crippen LogP contribution in [0.1, 0.15) is 26.7 Å². The van der Waals surface area contributed by atoms with Crippen molar-refractivity contribution in [1.82, 2.24) is 9.80 Å². The minimum Gasteiger partial charge on any atom is -0.389 e. The Bertz CT molecular complexity index is 246. The summed E-state index contributed by atoms with van der Waals surface area (Å²) >= 11 is 0. The van der Waals surface area contributed by atoms with Gasteiger partial charge in [-0.15, -0.1) is 0 Å². The largest absolute Gasteiger partial charge is 0.401 e. The Hall–Kier alpha value is -0.330. The zero-order valence-corrected chi connectivity index (χ0v) is 11.1. The Morgan fingerprint density at radius 3 is 1.61 bits per heavy atom. The first kappa shape index (κ1) is 15.7. The second-order valence-electron chi connectivity index (χ2n) is 5.10. The van der Waals surface area contributed by atoms with E-state index in [9.17, 15) is 18.3 Å². The summed E-state index contributed by atoms with van der Waals surface area (Å²) in [5, 5.41) is 10.2. The van der Waals surface area contributed by atoms with Crippen molar-refractivity contribution in [2.75, 3.05) is 39.3 Å². The Morgan fingerprint density at radius 1 is 0.889 bits per heavy atom. The number of aliphatic hydroxyl groups is 1. The molecular formula is C12H23F3N2O. The molecule has 1 fully saturated rings. The molecule has 1 aliphatic rings. The van der Waals surface area contributed by atoms with Gasteiger partial charge in [0.15, 0.2) is 0 Å². The highest BCUT2D eigenvalue weighted by molar-refractivity contribution is 4.83. The predicted octanol–water partition coefficient (Wildman–Crippen LogP) is 1.72. The molecule has 0 saturated carbocycles. The van der Waals surface area contributed by atoms with Gasteiger partial charge >= 0.3 is 6.18 Å². The van der Waals surface area contributed by atoms with Crippen molar-refractivity contribution in [1.29, 1.82) is 0 Å². The Labute approximate surface area is 107 Å². The molecule has 108 valence electrons. The summed E-state index contributed by atoms with van der Waals surface area (Å²) < 4.78 is 36.7. The lowest BCUT2D eigenvalue weighted by molar-refractivity contribution is -0.150. The van der Waals surface area contributed by atoms with Gasteiger partial charge in [-0.2, -0.15) is 13.2 Å². The molecular weight excluding hydrogens is 245 g/mol. The average molecular weight is 268 g/mol. The van der Waals surface area contributed by atoms with Crippen molar-refractivity contribution in [2.24, 2.45) is 0 Å². The number of β-amino-alcohol motifs (C(OH)–C–C–N with tert-alkyl or cyclic N) is 1. The zero-order chi connectivity index (χ0) is 13.8. The van der Waals surface area contributed by atoms with Crippen LogP contribution in [0.25, 0.3) is 0 Å². The van der Waals surface area contributed by atoms with Crippen molar-refractivity contribution in [3.05, 3.63) is 0 Å². The monoisotopic (exact) mass is 268 g/mol. The smallest absolute Gasteiger partial charge is 0.389 e. The summed E-state index contributed by atoms with van der Waals surface area (Å²) in [6.45, 7) is 5.63. The molecule has 1 aliphatic heterocycles. The molecule has 1 saturated heterocycles. The highest BCUT2D eigenvalue weighted by Gasteiger charge is 2.33. The van der Waals surface area contributed by atoms with Crippen LogP contribution in [0, 0.1) is 0 Å². The van der Waals surface area contributed by atoms with Gasteiger partial charge in [0.2, 0.25) is 0 Å². The third kappa shape index (κ3) is 5.12. The van der Waals surface area contributed by atoms with E-state index in [0.29, 0.717) is 45.6 Å². The quantitative estimate of drug-likeness (QED) is 0.822. The molecule has 0 aromatic heterocycles. The van der Waals surface area contributed by atoms with E-state index < -0.39 is 18.3 Å². The zero-order valence-electron chi connectivity index (χ0n) is 11.1. The lowest BCUT2D eigenvalue weighted by Crippen LogP contribution is -2.53. The van der Waals surface area contributed by atoms with Gasteiger partial charge in [0.05, 0.1) is 12.1 Å². The highest BCUT2D eigenvalue weighted by Crippen LogP contribution is 2.20. The number of rotatable bonds is 5. The van der Waals surface area contributed by atoms with Gasteiger partial charge in [0.25, 0.3) is 0 Å². The fourth-order valence-corrected chi connectivity index (χ4v) is 2.25. The van der Waals surface area contributed by atoms with Crippen molar-refractivity contribution in [2.45, 2.75) is 38.5 Å². The maximum atomic E-state index is 12.2. The molecule has 0 aromatic carbocycles. The molecule has 0 bridgehead atoms. The molecule has 0 aliphatic carbocycles. The first-order chi connectivity index (χ1) is 8.28. The van der Waals surface area contributed by atoms with Gasteiger partial charge in [-0.25, -0.2) is 0 Å². The molecule has 6 heteroatoms. The van der Waals surface area contributed by atoms with Crippen LogP contribution in [-0.4, -0.2) is 66.0 Å². The van der Waals surface area contributed by atoms with Gasteiger partial charge in [-0.3, -0.25) is 9.80 Å². The van der Waals surface area contributed by atoms with Crippen LogP contribution in [0.4, 0.5) is 13.2 Å². The molecule has 0 atom stereocenters. The number of alkyl halides is 3. The van der Waals surface area contributed by atoms with E-state index in [-0.39, 0.29) is 0 Å². The first-order valence-corrected chi connectivity index (χ1v) is 6.52. The fraction of sp³-hybridized carbons (Fsp3) is 1.00. The highest BCUT2D eigenvalue weighted by atomic mass is 19.4. The summed E-state index contributed by atoms with van der Waals surface area (Å²) in [4.78, 5) is 3.48. The molecule has 1 N–H and O–H groups in total. The van der Waals surface area contributed by atoms with Gasteiger partial charge in [-0.1, -0.05) is 13.8 Å². The molecule has 0 radical (unpaired) electrons. The van der Waals surface area contributed by atoms with Crippen LogP contribution in [0.5, 0.6) is 0 Å². The van der Waals surface area contributed by atoms with Crippen molar-refractivity contribution >= 4 is 0 Å². The van der Waals surface area contributed by atoms with Crippen molar-refractivity contribution < 1.29 is 18.3 Å². The van der Waals surface area contributed by atoms with Gasteiger partial charge in [-0.05, 0) is 12.8 Å². The molecule has 0 spiro atoms. The lowest BCUT2D eigenvalue weighted by Gasteiger charge is -2.39.